The van der Waals surface area contributed by atoms with Crippen LogP contribution in [0.15, 0.2) is 30.3 Å². The molecule has 0 aromatic heterocycles. The van der Waals surface area contributed by atoms with Gasteiger partial charge in [-0.1, -0.05) is 30.3 Å². The van der Waals surface area contributed by atoms with E-state index in [1.165, 1.54) is 0 Å². The van der Waals surface area contributed by atoms with E-state index in [2.05, 4.69) is 10.6 Å². The summed E-state index contributed by atoms with van der Waals surface area (Å²) in [4.78, 5) is 34.9. The second-order valence-electron chi connectivity index (χ2n) is 7.87. The summed E-state index contributed by atoms with van der Waals surface area (Å²) in [6.07, 6.45) is 1.55. The van der Waals surface area contributed by atoms with Gasteiger partial charge in [0.25, 0.3) is 0 Å². The van der Waals surface area contributed by atoms with E-state index in [0.717, 1.165) is 5.56 Å². The SMILES string of the molecule is NCCCC[C@H](OP(=O)(O)C(NC(=O)CCc1ccccc1)C1CCNCC1)C(=O)O. The first-order chi connectivity index (χ1) is 14.8. The molecule has 31 heavy (non-hydrogen) atoms. The molecule has 9 nitrogen and oxygen atoms in total. The van der Waals surface area contributed by atoms with Gasteiger partial charge in [0.15, 0.2) is 6.10 Å². The lowest BCUT2D eigenvalue weighted by molar-refractivity contribution is -0.145. The first kappa shape index (κ1) is 25.5. The second-order valence-corrected chi connectivity index (χ2v) is 9.76. The third-order valence-corrected chi connectivity index (χ3v) is 7.26. The van der Waals surface area contributed by atoms with Crippen molar-refractivity contribution in [2.45, 2.75) is 56.8 Å². The normalized spacial score (nSPS) is 18.6. The van der Waals surface area contributed by atoms with E-state index in [1.807, 2.05) is 30.3 Å². The molecule has 0 saturated carbocycles. The average molecular weight is 455 g/mol. The van der Waals surface area contributed by atoms with Crippen LogP contribution in [0, 0.1) is 5.92 Å². The Balaban J connectivity index is 2.08. The lowest BCUT2D eigenvalue weighted by Gasteiger charge is -2.34. The van der Waals surface area contributed by atoms with Crippen LogP contribution in [-0.4, -0.2) is 53.4 Å². The topological polar surface area (TPSA) is 151 Å². The van der Waals surface area contributed by atoms with Gasteiger partial charge in [0.1, 0.15) is 5.78 Å². The van der Waals surface area contributed by atoms with Crippen molar-refractivity contribution < 1.29 is 28.7 Å². The molecule has 1 aliphatic rings. The number of benzene rings is 1. The Hall–Kier alpha value is -1.77. The molecule has 1 saturated heterocycles. The van der Waals surface area contributed by atoms with Gasteiger partial charge in [0.2, 0.25) is 5.91 Å². The fourth-order valence-electron chi connectivity index (χ4n) is 3.71. The zero-order valence-corrected chi connectivity index (χ0v) is 18.6. The van der Waals surface area contributed by atoms with Crippen molar-refractivity contribution in [1.29, 1.82) is 0 Å². The van der Waals surface area contributed by atoms with E-state index in [4.69, 9.17) is 10.3 Å². The van der Waals surface area contributed by atoms with Gasteiger partial charge in [-0.15, -0.1) is 0 Å². The first-order valence-electron chi connectivity index (χ1n) is 10.8. The van der Waals surface area contributed by atoms with Crippen LogP contribution >= 0.6 is 7.60 Å². The van der Waals surface area contributed by atoms with E-state index in [1.54, 1.807) is 0 Å². The molecule has 0 radical (unpaired) electrons. The number of carbonyl (C=O) groups is 2. The van der Waals surface area contributed by atoms with Crippen LogP contribution in [-0.2, 0) is 25.1 Å². The predicted octanol–water partition coefficient (Wildman–Crippen LogP) is 1.85. The van der Waals surface area contributed by atoms with Crippen LogP contribution in [0.3, 0.4) is 0 Å². The third kappa shape index (κ3) is 8.71. The number of hydrogen-bond acceptors (Lipinski definition) is 6. The summed E-state index contributed by atoms with van der Waals surface area (Å²) >= 11 is 0. The smallest absolute Gasteiger partial charge is 0.351 e. The number of nitrogens with one attached hydrogen (secondary N) is 2. The fourth-order valence-corrected chi connectivity index (χ4v) is 5.54. The van der Waals surface area contributed by atoms with Gasteiger partial charge in [0, 0.05) is 6.42 Å². The molecule has 174 valence electrons. The van der Waals surface area contributed by atoms with E-state index in [-0.39, 0.29) is 24.7 Å². The number of carboxylic acid groups (broad SMARTS) is 1. The van der Waals surface area contributed by atoms with Gasteiger partial charge in [-0.3, -0.25) is 13.9 Å². The van der Waals surface area contributed by atoms with Crippen molar-refractivity contribution in [2.75, 3.05) is 19.6 Å². The Kier molecular flexibility index (Phi) is 10.6. The number of unbranched alkanes of at least 4 members (excludes halogenated alkanes) is 1. The molecule has 1 heterocycles. The average Bonchev–Trinajstić information content (AvgIpc) is 2.76. The molecule has 6 N–H and O–H groups in total. The number of carbonyl (C=O) groups excluding carboxylic acids is 1. The minimum atomic E-state index is -4.45. The van der Waals surface area contributed by atoms with Crippen LogP contribution in [0.2, 0.25) is 0 Å². The molecule has 1 aromatic rings. The molecular formula is C21H34N3O6P. The number of amides is 1. The standard InChI is InChI=1S/C21H34N3O6P/c22-13-5-4-8-18(21(26)27)30-31(28,29)20(17-11-14-23-15-12-17)24-19(25)10-9-16-6-2-1-3-7-16/h1-3,6-7,17-18,20,23H,4-5,8-15,22H2,(H,24,25)(H,26,27)(H,28,29)/t18-,20?/m0/s1. The Morgan fingerprint density at radius 3 is 2.52 bits per heavy atom. The molecular weight excluding hydrogens is 421 g/mol. The Morgan fingerprint density at radius 1 is 1.23 bits per heavy atom. The summed E-state index contributed by atoms with van der Waals surface area (Å²) in [6, 6.07) is 9.49. The predicted molar refractivity (Wildman–Crippen MR) is 118 cm³/mol. The van der Waals surface area contributed by atoms with Crippen molar-refractivity contribution in [3.05, 3.63) is 35.9 Å². The minimum absolute atomic E-state index is 0.0813. The summed E-state index contributed by atoms with van der Waals surface area (Å²) in [6.45, 7) is 1.71. The van der Waals surface area contributed by atoms with E-state index >= 15 is 0 Å². The maximum absolute atomic E-state index is 13.2. The molecule has 0 aliphatic carbocycles. The minimum Gasteiger partial charge on any atom is -0.479 e. The molecule has 10 heteroatoms. The zero-order chi connectivity index (χ0) is 22.7. The Bertz CT molecular complexity index is 742. The van der Waals surface area contributed by atoms with Crippen molar-refractivity contribution in [3.63, 3.8) is 0 Å². The molecule has 1 aromatic carbocycles. The van der Waals surface area contributed by atoms with Gasteiger partial charge >= 0.3 is 13.6 Å². The monoisotopic (exact) mass is 455 g/mol. The van der Waals surface area contributed by atoms with Crippen molar-refractivity contribution >= 4 is 19.5 Å². The lowest BCUT2D eigenvalue weighted by atomic mass is 9.97. The van der Waals surface area contributed by atoms with Gasteiger partial charge < -0.3 is 26.4 Å². The molecule has 0 spiro atoms. The maximum Gasteiger partial charge on any atom is 0.351 e. The number of piperidine rings is 1. The number of aliphatic carboxylic acids is 1. The van der Waals surface area contributed by atoms with Crippen LogP contribution in [0.1, 0.15) is 44.1 Å². The second kappa shape index (κ2) is 12.9. The number of hydrogen-bond donors (Lipinski definition) is 5. The van der Waals surface area contributed by atoms with Crippen LogP contribution in [0.5, 0.6) is 0 Å². The first-order valence-corrected chi connectivity index (χ1v) is 12.5. The van der Waals surface area contributed by atoms with Gasteiger partial charge in [0.05, 0.1) is 0 Å². The molecule has 0 bridgehead atoms. The Morgan fingerprint density at radius 2 is 1.90 bits per heavy atom. The molecule has 1 amide bonds. The van der Waals surface area contributed by atoms with Gasteiger partial charge in [-0.2, -0.15) is 0 Å². The highest BCUT2D eigenvalue weighted by molar-refractivity contribution is 7.53. The summed E-state index contributed by atoms with van der Waals surface area (Å²) in [5, 5.41) is 15.3. The van der Waals surface area contributed by atoms with E-state index in [9.17, 15) is 24.2 Å². The van der Waals surface area contributed by atoms with Gasteiger partial charge in [-0.05, 0) is 69.6 Å². The van der Waals surface area contributed by atoms with Crippen LogP contribution in [0.25, 0.3) is 0 Å². The van der Waals surface area contributed by atoms with E-state index in [0.29, 0.717) is 51.7 Å². The number of nitrogens with two attached hydrogens (primary N) is 1. The fraction of sp³-hybridized carbons (Fsp3) is 0.619. The van der Waals surface area contributed by atoms with Crippen LogP contribution < -0.4 is 16.4 Å². The highest BCUT2D eigenvalue weighted by atomic mass is 31.2. The molecule has 1 aliphatic heterocycles. The molecule has 2 rings (SSSR count). The highest BCUT2D eigenvalue weighted by Crippen LogP contribution is 2.52. The van der Waals surface area contributed by atoms with Crippen molar-refractivity contribution in [2.24, 2.45) is 11.7 Å². The summed E-state index contributed by atoms with van der Waals surface area (Å²) < 4.78 is 18.4. The number of carboxylic acids is 1. The molecule has 2 unspecified atom stereocenters. The maximum atomic E-state index is 13.2. The summed E-state index contributed by atoms with van der Waals surface area (Å²) in [5.74, 6) is -3.09. The zero-order valence-electron chi connectivity index (χ0n) is 17.7. The Labute approximate surface area is 183 Å². The van der Waals surface area contributed by atoms with Crippen LogP contribution in [0.4, 0.5) is 0 Å². The van der Waals surface area contributed by atoms with Crippen molar-refractivity contribution in [1.82, 2.24) is 10.6 Å². The highest BCUT2D eigenvalue weighted by Gasteiger charge is 2.43. The summed E-state index contributed by atoms with van der Waals surface area (Å²) in [5.41, 5.74) is 6.43. The summed E-state index contributed by atoms with van der Waals surface area (Å²) in [7, 11) is -4.45. The molecule has 1 fully saturated rings. The van der Waals surface area contributed by atoms with Crippen molar-refractivity contribution in [3.8, 4) is 0 Å². The quantitative estimate of drug-likeness (QED) is 0.223. The van der Waals surface area contributed by atoms with E-state index < -0.39 is 25.5 Å². The third-order valence-electron chi connectivity index (χ3n) is 5.45. The number of aryl methyl sites for hydroxylation is 1. The lowest BCUT2D eigenvalue weighted by Crippen LogP contribution is -2.45. The molecule has 3 atom stereocenters. The largest absolute Gasteiger partial charge is 0.479 e. The number of rotatable bonds is 13. The van der Waals surface area contributed by atoms with Gasteiger partial charge in [-0.25, -0.2) is 4.79 Å².